The summed E-state index contributed by atoms with van der Waals surface area (Å²) in [7, 11) is 0. The Bertz CT molecular complexity index is 739. The molecule has 0 bridgehead atoms. The zero-order chi connectivity index (χ0) is 15.7. The minimum Gasteiger partial charge on any atom is -0.476 e. The summed E-state index contributed by atoms with van der Waals surface area (Å²) >= 11 is 3.43. The number of rotatable bonds is 5. The van der Waals surface area contributed by atoms with Gasteiger partial charge in [-0.3, -0.25) is 4.79 Å². The largest absolute Gasteiger partial charge is 0.476 e. The fourth-order valence-electron chi connectivity index (χ4n) is 2.32. The fourth-order valence-corrected chi connectivity index (χ4v) is 2.72. The molecule has 2 aromatic rings. The van der Waals surface area contributed by atoms with Crippen molar-refractivity contribution in [3.8, 4) is 0 Å². The number of aromatic nitrogens is 3. The number of nitrogens with zero attached hydrogens (tertiary/aromatic N) is 3. The van der Waals surface area contributed by atoms with Crippen molar-refractivity contribution in [1.29, 1.82) is 0 Å². The molecule has 1 aliphatic rings. The second kappa shape index (κ2) is 5.53. The van der Waals surface area contributed by atoms with E-state index in [-0.39, 0.29) is 23.7 Å². The Morgan fingerprint density at radius 3 is 2.77 bits per heavy atom. The molecule has 0 atom stereocenters. The van der Waals surface area contributed by atoms with E-state index >= 15 is 0 Å². The highest BCUT2D eigenvalue weighted by Gasteiger charge is 2.45. The smallest absolute Gasteiger partial charge is 0.358 e. The molecular formula is C14H13BrN4O3. The number of benzene rings is 1. The molecule has 1 aromatic carbocycles. The Morgan fingerprint density at radius 2 is 2.18 bits per heavy atom. The third-order valence-corrected chi connectivity index (χ3v) is 4.06. The summed E-state index contributed by atoms with van der Waals surface area (Å²) in [6.45, 7) is -0.0595. The normalized spacial score (nSPS) is 15.3. The number of aromatic carboxylic acids is 1. The van der Waals surface area contributed by atoms with Gasteiger partial charge in [-0.05, 0) is 30.5 Å². The Balaban J connectivity index is 1.67. The molecule has 1 aliphatic carbocycles. The standard InChI is InChI=1S/C14H13BrN4O3/c15-10-3-1-2-9(6-10)14(4-5-14)16-12(20)8-19-7-11(13(21)22)17-18-19/h1-3,6-7H,4-5,8H2,(H,16,20)(H,21,22). The average molecular weight is 365 g/mol. The summed E-state index contributed by atoms with van der Waals surface area (Å²) in [4.78, 5) is 22.9. The molecule has 0 spiro atoms. The van der Waals surface area contributed by atoms with E-state index in [1.54, 1.807) is 0 Å². The third-order valence-electron chi connectivity index (χ3n) is 3.57. The second-order valence-corrected chi connectivity index (χ2v) is 6.16. The van der Waals surface area contributed by atoms with E-state index in [0.29, 0.717) is 0 Å². The van der Waals surface area contributed by atoms with Crippen LogP contribution in [-0.2, 0) is 16.9 Å². The lowest BCUT2D eigenvalue weighted by Gasteiger charge is -2.18. The molecule has 1 aromatic heterocycles. The topological polar surface area (TPSA) is 97.1 Å². The van der Waals surface area contributed by atoms with Crippen LogP contribution in [0.3, 0.4) is 0 Å². The van der Waals surface area contributed by atoms with E-state index in [0.717, 1.165) is 22.9 Å². The molecule has 1 heterocycles. The third kappa shape index (κ3) is 3.01. The van der Waals surface area contributed by atoms with Crippen LogP contribution in [0.4, 0.5) is 0 Å². The monoisotopic (exact) mass is 364 g/mol. The summed E-state index contributed by atoms with van der Waals surface area (Å²) in [5.41, 5.74) is 0.554. The highest BCUT2D eigenvalue weighted by atomic mass is 79.9. The Kier molecular flexibility index (Phi) is 3.69. The first-order chi connectivity index (χ1) is 10.5. The number of nitrogens with one attached hydrogen (secondary N) is 1. The highest BCUT2D eigenvalue weighted by molar-refractivity contribution is 9.10. The van der Waals surface area contributed by atoms with Crippen molar-refractivity contribution < 1.29 is 14.7 Å². The summed E-state index contributed by atoms with van der Waals surface area (Å²) in [6.07, 6.45) is 3.00. The van der Waals surface area contributed by atoms with Crippen molar-refractivity contribution in [3.05, 3.63) is 46.2 Å². The first-order valence-corrected chi connectivity index (χ1v) is 7.48. The van der Waals surface area contributed by atoms with Gasteiger partial charge in [-0.2, -0.15) is 0 Å². The van der Waals surface area contributed by atoms with Crippen molar-refractivity contribution >= 4 is 27.8 Å². The predicted octanol–water partition coefficient (Wildman–Crippen LogP) is 1.54. The van der Waals surface area contributed by atoms with Gasteiger partial charge in [0.25, 0.3) is 0 Å². The van der Waals surface area contributed by atoms with Crippen LogP contribution in [0.1, 0.15) is 28.9 Å². The summed E-state index contributed by atoms with van der Waals surface area (Å²) in [5, 5.41) is 18.9. The number of carboxylic acid groups (broad SMARTS) is 1. The average Bonchev–Trinajstić information content (AvgIpc) is 3.08. The first-order valence-electron chi connectivity index (χ1n) is 6.69. The maximum atomic E-state index is 12.1. The van der Waals surface area contributed by atoms with Gasteiger partial charge in [-0.25, -0.2) is 9.48 Å². The van der Waals surface area contributed by atoms with Gasteiger partial charge in [0.05, 0.1) is 11.7 Å². The molecule has 0 radical (unpaired) electrons. The van der Waals surface area contributed by atoms with E-state index in [1.807, 2.05) is 24.3 Å². The van der Waals surface area contributed by atoms with Gasteiger partial charge < -0.3 is 10.4 Å². The van der Waals surface area contributed by atoms with Gasteiger partial charge in [0.2, 0.25) is 5.91 Å². The zero-order valence-electron chi connectivity index (χ0n) is 11.5. The van der Waals surface area contributed by atoms with E-state index in [4.69, 9.17) is 5.11 Å². The van der Waals surface area contributed by atoms with Gasteiger partial charge >= 0.3 is 5.97 Å². The number of carbonyl (C=O) groups excluding carboxylic acids is 1. The van der Waals surface area contributed by atoms with Crippen LogP contribution in [0.5, 0.6) is 0 Å². The minimum absolute atomic E-state index is 0.0595. The molecular weight excluding hydrogens is 352 g/mol. The van der Waals surface area contributed by atoms with E-state index in [1.165, 1.54) is 10.9 Å². The van der Waals surface area contributed by atoms with E-state index in [2.05, 4.69) is 31.6 Å². The van der Waals surface area contributed by atoms with Crippen LogP contribution in [0.25, 0.3) is 0 Å². The lowest BCUT2D eigenvalue weighted by molar-refractivity contribution is -0.122. The molecule has 0 aliphatic heterocycles. The van der Waals surface area contributed by atoms with Gasteiger partial charge in [0.1, 0.15) is 6.54 Å². The summed E-state index contributed by atoms with van der Waals surface area (Å²) < 4.78 is 2.18. The lowest BCUT2D eigenvalue weighted by Crippen LogP contribution is -2.37. The highest BCUT2D eigenvalue weighted by Crippen LogP contribution is 2.45. The van der Waals surface area contributed by atoms with Crippen LogP contribution >= 0.6 is 15.9 Å². The van der Waals surface area contributed by atoms with Crippen molar-refractivity contribution in [2.75, 3.05) is 0 Å². The number of hydrogen-bond acceptors (Lipinski definition) is 4. The maximum absolute atomic E-state index is 12.1. The Labute approximate surface area is 134 Å². The quantitative estimate of drug-likeness (QED) is 0.838. The van der Waals surface area contributed by atoms with Gasteiger partial charge in [0.15, 0.2) is 5.69 Å². The molecule has 1 fully saturated rings. The summed E-state index contributed by atoms with van der Waals surface area (Å²) in [6, 6.07) is 7.84. The van der Waals surface area contributed by atoms with Crippen LogP contribution in [0.2, 0.25) is 0 Å². The number of amides is 1. The SMILES string of the molecule is O=C(Cn1cc(C(=O)O)nn1)NC1(c2cccc(Br)c2)CC1. The molecule has 1 saturated carbocycles. The van der Waals surface area contributed by atoms with Crippen molar-refractivity contribution in [3.63, 3.8) is 0 Å². The van der Waals surface area contributed by atoms with Crippen molar-refractivity contribution in [2.24, 2.45) is 0 Å². The first kappa shape index (κ1) is 14.7. The van der Waals surface area contributed by atoms with E-state index < -0.39 is 5.97 Å². The molecule has 0 saturated heterocycles. The summed E-state index contributed by atoms with van der Waals surface area (Å²) in [5.74, 6) is -1.39. The van der Waals surface area contributed by atoms with Crippen LogP contribution in [0, 0.1) is 0 Å². The molecule has 7 nitrogen and oxygen atoms in total. The lowest BCUT2D eigenvalue weighted by atomic mass is 10.1. The number of carboxylic acids is 1. The zero-order valence-corrected chi connectivity index (χ0v) is 13.1. The molecule has 114 valence electrons. The molecule has 22 heavy (non-hydrogen) atoms. The number of carbonyl (C=O) groups is 2. The van der Waals surface area contributed by atoms with Gasteiger partial charge in [-0.15, -0.1) is 5.10 Å². The molecule has 8 heteroatoms. The minimum atomic E-state index is -1.17. The second-order valence-electron chi connectivity index (χ2n) is 5.25. The van der Waals surface area contributed by atoms with Crippen LogP contribution in [-0.4, -0.2) is 32.0 Å². The molecule has 0 unspecified atom stereocenters. The van der Waals surface area contributed by atoms with Gasteiger partial charge in [-0.1, -0.05) is 33.3 Å². The molecule has 3 rings (SSSR count). The number of hydrogen-bond donors (Lipinski definition) is 2. The fraction of sp³-hybridized carbons (Fsp3) is 0.286. The van der Waals surface area contributed by atoms with Crippen molar-refractivity contribution in [1.82, 2.24) is 20.3 Å². The predicted molar refractivity (Wildman–Crippen MR) is 80.2 cm³/mol. The Morgan fingerprint density at radius 1 is 1.41 bits per heavy atom. The molecule has 2 N–H and O–H groups in total. The molecule has 1 amide bonds. The Hall–Kier alpha value is -2.22. The van der Waals surface area contributed by atoms with Crippen molar-refractivity contribution in [2.45, 2.75) is 24.9 Å². The van der Waals surface area contributed by atoms with Crippen LogP contribution in [0.15, 0.2) is 34.9 Å². The maximum Gasteiger partial charge on any atom is 0.358 e. The van der Waals surface area contributed by atoms with E-state index in [9.17, 15) is 9.59 Å². The van der Waals surface area contributed by atoms with Crippen LogP contribution < -0.4 is 5.32 Å². The van der Waals surface area contributed by atoms with Gasteiger partial charge in [0, 0.05) is 4.47 Å². The number of halogens is 1.